The molecule has 0 unspecified atom stereocenters. The van der Waals surface area contributed by atoms with Crippen molar-refractivity contribution in [1.29, 1.82) is 0 Å². The van der Waals surface area contributed by atoms with Crippen LogP contribution in [0.15, 0.2) is 60.9 Å². The molecule has 1 aliphatic heterocycles. The number of hydrogen-bond acceptors (Lipinski definition) is 5. The zero-order valence-corrected chi connectivity index (χ0v) is 20.3. The average Bonchev–Trinajstić information content (AvgIpc) is 3.47. The standard InChI is InChI=1S/C25H29N5O3S/c1-4-22(31)27-18-11-10-17(16-21(18)33-3)30-24(20-9-7-13-29(20)14-15-32-2)23(28-25(30)34)19-8-5-6-12-26-19/h5-13,16,23-24H,4,14-15H2,1-3H3,(H,27,31)(H,28,34)/t23-,24-/m1/s1. The molecular weight excluding hydrogens is 450 g/mol. The fourth-order valence-corrected chi connectivity index (χ4v) is 4.54. The van der Waals surface area contributed by atoms with Gasteiger partial charge >= 0.3 is 0 Å². The minimum Gasteiger partial charge on any atom is -0.494 e. The summed E-state index contributed by atoms with van der Waals surface area (Å²) in [5.74, 6) is 0.491. The van der Waals surface area contributed by atoms with Gasteiger partial charge in [0.2, 0.25) is 5.91 Å². The number of amides is 1. The Bertz CT molecular complexity index is 1150. The third kappa shape index (κ3) is 4.76. The molecule has 1 saturated heterocycles. The third-order valence-electron chi connectivity index (χ3n) is 5.86. The molecule has 0 spiro atoms. The second-order valence-electron chi connectivity index (χ2n) is 7.90. The van der Waals surface area contributed by atoms with Gasteiger partial charge in [0.25, 0.3) is 0 Å². The molecule has 2 aromatic heterocycles. The smallest absolute Gasteiger partial charge is 0.224 e. The number of nitrogens with one attached hydrogen (secondary N) is 2. The van der Waals surface area contributed by atoms with E-state index in [0.29, 0.717) is 29.6 Å². The van der Waals surface area contributed by atoms with Crippen LogP contribution in [0.3, 0.4) is 0 Å². The fourth-order valence-electron chi connectivity index (χ4n) is 4.19. The number of methoxy groups -OCH3 is 2. The lowest BCUT2D eigenvalue weighted by molar-refractivity contribution is -0.115. The summed E-state index contributed by atoms with van der Waals surface area (Å²) in [6, 6.07) is 15.4. The molecule has 0 saturated carbocycles. The van der Waals surface area contributed by atoms with Crippen LogP contribution in [-0.4, -0.2) is 41.4 Å². The Morgan fingerprint density at radius 3 is 2.76 bits per heavy atom. The van der Waals surface area contributed by atoms with E-state index in [2.05, 4.69) is 31.2 Å². The largest absolute Gasteiger partial charge is 0.494 e. The molecule has 34 heavy (non-hydrogen) atoms. The van der Waals surface area contributed by atoms with Gasteiger partial charge in [0.1, 0.15) is 11.8 Å². The summed E-state index contributed by atoms with van der Waals surface area (Å²) < 4.78 is 13.1. The van der Waals surface area contributed by atoms with Gasteiger partial charge < -0.3 is 29.6 Å². The van der Waals surface area contributed by atoms with Crippen molar-refractivity contribution in [3.8, 4) is 5.75 Å². The van der Waals surface area contributed by atoms with Crippen LogP contribution in [0, 0.1) is 0 Å². The second-order valence-corrected chi connectivity index (χ2v) is 8.29. The molecule has 0 bridgehead atoms. The molecule has 2 atom stereocenters. The lowest BCUT2D eigenvalue weighted by Gasteiger charge is -2.29. The van der Waals surface area contributed by atoms with E-state index in [1.807, 2.05) is 55.6 Å². The van der Waals surface area contributed by atoms with Crippen LogP contribution >= 0.6 is 12.2 Å². The molecule has 1 amide bonds. The monoisotopic (exact) mass is 479 g/mol. The van der Waals surface area contributed by atoms with E-state index >= 15 is 0 Å². The Hall–Kier alpha value is -3.43. The summed E-state index contributed by atoms with van der Waals surface area (Å²) >= 11 is 5.82. The molecule has 178 valence electrons. The first-order chi connectivity index (χ1) is 16.6. The Morgan fingerprint density at radius 1 is 1.21 bits per heavy atom. The van der Waals surface area contributed by atoms with Gasteiger partial charge in [-0.15, -0.1) is 0 Å². The normalized spacial score (nSPS) is 17.5. The van der Waals surface area contributed by atoms with Crippen LogP contribution in [-0.2, 0) is 16.1 Å². The highest BCUT2D eigenvalue weighted by Gasteiger charge is 2.42. The number of nitrogens with zero attached hydrogens (tertiary/aromatic N) is 3. The summed E-state index contributed by atoms with van der Waals surface area (Å²) in [5, 5.41) is 6.95. The molecule has 3 aromatic rings. The van der Waals surface area contributed by atoms with Crippen LogP contribution < -0.4 is 20.3 Å². The summed E-state index contributed by atoms with van der Waals surface area (Å²) in [6.07, 6.45) is 4.22. The maximum absolute atomic E-state index is 11.9. The number of ether oxygens (including phenoxy) is 2. The van der Waals surface area contributed by atoms with Crippen LogP contribution in [0.5, 0.6) is 5.75 Å². The lowest BCUT2D eigenvalue weighted by Crippen LogP contribution is -2.30. The van der Waals surface area contributed by atoms with Crippen LogP contribution in [0.1, 0.15) is 36.8 Å². The van der Waals surface area contributed by atoms with E-state index in [0.717, 1.165) is 23.6 Å². The Kier molecular flexibility index (Phi) is 7.44. The Morgan fingerprint density at radius 2 is 2.06 bits per heavy atom. The van der Waals surface area contributed by atoms with Gasteiger partial charge in [-0.2, -0.15) is 0 Å². The number of pyridine rings is 1. The first-order valence-electron chi connectivity index (χ1n) is 11.2. The van der Waals surface area contributed by atoms with Crippen LogP contribution in [0.2, 0.25) is 0 Å². The van der Waals surface area contributed by atoms with Crippen molar-refractivity contribution in [3.05, 3.63) is 72.3 Å². The molecule has 0 radical (unpaired) electrons. The average molecular weight is 480 g/mol. The van der Waals surface area contributed by atoms with Crippen molar-refractivity contribution >= 4 is 34.6 Å². The minimum atomic E-state index is -0.157. The van der Waals surface area contributed by atoms with E-state index in [1.165, 1.54) is 0 Å². The maximum Gasteiger partial charge on any atom is 0.224 e. The number of anilines is 2. The van der Waals surface area contributed by atoms with E-state index < -0.39 is 0 Å². The van der Waals surface area contributed by atoms with Gasteiger partial charge in [0.05, 0.1) is 31.1 Å². The van der Waals surface area contributed by atoms with Crippen LogP contribution in [0.4, 0.5) is 11.4 Å². The highest BCUT2D eigenvalue weighted by molar-refractivity contribution is 7.80. The number of carbonyl (C=O) groups excluding carboxylic acids is 1. The van der Waals surface area contributed by atoms with E-state index in [-0.39, 0.29) is 18.0 Å². The predicted molar refractivity (Wildman–Crippen MR) is 136 cm³/mol. The lowest BCUT2D eigenvalue weighted by atomic mass is 10.0. The highest BCUT2D eigenvalue weighted by Crippen LogP contribution is 2.43. The van der Waals surface area contributed by atoms with E-state index in [9.17, 15) is 4.79 Å². The number of hydrogen-bond donors (Lipinski definition) is 2. The molecule has 1 fully saturated rings. The maximum atomic E-state index is 11.9. The molecular formula is C25H29N5O3S. The molecule has 2 N–H and O–H groups in total. The predicted octanol–water partition coefficient (Wildman–Crippen LogP) is 4.06. The van der Waals surface area contributed by atoms with Crippen molar-refractivity contribution in [2.45, 2.75) is 32.0 Å². The van der Waals surface area contributed by atoms with Gasteiger partial charge in [0.15, 0.2) is 5.11 Å². The first kappa shape index (κ1) is 23.7. The van der Waals surface area contributed by atoms with Crippen molar-refractivity contribution < 1.29 is 14.3 Å². The summed E-state index contributed by atoms with van der Waals surface area (Å²) in [7, 11) is 3.29. The van der Waals surface area contributed by atoms with Crippen molar-refractivity contribution in [3.63, 3.8) is 0 Å². The fraction of sp³-hybridized carbons (Fsp3) is 0.320. The molecule has 0 aliphatic carbocycles. The Labute approximate surface area is 204 Å². The van der Waals surface area contributed by atoms with Crippen molar-refractivity contribution in [2.24, 2.45) is 0 Å². The Balaban J connectivity index is 1.78. The minimum absolute atomic E-state index is 0.0755. The second kappa shape index (κ2) is 10.7. The number of aromatic nitrogens is 2. The van der Waals surface area contributed by atoms with Gasteiger partial charge in [-0.25, -0.2) is 0 Å². The number of rotatable bonds is 9. The number of benzene rings is 1. The molecule has 8 nitrogen and oxygen atoms in total. The molecule has 4 rings (SSSR count). The topological polar surface area (TPSA) is 80.7 Å². The zero-order chi connectivity index (χ0) is 24.1. The van der Waals surface area contributed by atoms with Gasteiger partial charge in [0, 0.05) is 49.9 Å². The third-order valence-corrected chi connectivity index (χ3v) is 6.18. The SMILES string of the molecule is CCC(=O)Nc1ccc(N2C(=S)N[C@H](c3ccccn3)[C@H]2c2cccn2CCOC)cc1OC. The molecule has 1 aliphatic rings. The summed E-state index contributed by atoms with van der Waals surface area (Å²) in [4.78, 5) is 18.6. The molecule has 1 aromatic carbocycles. The van der Waals surface area contributed by atoms with E-state index in [4.69, 9.17) is 21.7 Å². The molecule has 3 heterocycles. The van der Waals surface area contributed by atoms with Gasteiger partial charge in [-0.1, -0.05) is 13.0 Å². The van der Waals surface area contributed by atoms with Crippen molar-refractivity contribution in [1.82, 2.24) is 14.9 Å². The van der Waals surface area contributed by atoms with Gasteiger partial charge in [-0.05, 0) is 48.6 Å². The number of thiocarbonyl (C=S) groups is 1. The zero-order valence-electron chi connectivity index (χ0n) is 19.5. The number of carbonyl (C=O) groups is 1. The summed E-state index contributed by atoms with van der Waals surface area (Å²) in [5.41, 5.74) is 3.46. The molecule has 9 heteroatoms. The first-order valence-corrected chi connectivity index (χ1v) is 11.6. The van der Waals surface area contributed by atoms with E-state index in [1.54, 1.807) is 20.4 Å². The van der Waals surface area contributed by atoms with Crippen LogP contribution in [0.25, 0.3) is 0 Å². The van der Waals surface area contributed by atoms with Gasteiger partial charge in [-0.3, -0.25) is 9.78 Å². The van der Waals surface area contributed by atoms with Crippen molar-refractivity contribution in [2.75, 3.05) is 31.0 Å². The highest BCUT2D eigenvalue weighted by atomic mass is 32.1. The summed E-state index contributed by atoms with van der Waals surface area (Å²) in [6.45, 7) is 3.13. The quantitative estimate of drug-likeness (QED) is 0.448.